The summed E-state index contributed by atoms with van der Waals surface area (Å²) >= 11 is 3.36. The van der Waals surface area contributed by atoms with Gasteiger partial charge in [0.15, 0.2) is 0 Å². The fraction of sp³-hybridized carbons (Fsp3) is 0.429. The monoisotopic (exact) mass is 294 g/mol. The van der Waals surface area contributed by atoms with E-state index in [1.54, 1.807) is 22.7 Å². The Morgan fingerprint density at radius 1 is 1.42 bits per heavy atom. The lowest BCUT2D eigenvalue weighted by atomic mass is 10.2. The lowest BCUT2D eigenvalue weighted by Gasteiger charge is -2.02. The SMILES string of the molecule is CC(C)c1nc(CNC(=O)CCc2cccs2)cs1. The van der Waals surface area contributed by atoms with Gasteiger partial charge in [0.1, 0.15) is 0 Å². The van der Waals surface area contributed by atoms with Gasteiger partial charge >= 0.3 is 0 Å². The van der Waals surface area contributed by atoms with Gasteiger partial charge in [-0.3, -0.25) is 4.79 Å². The highest BCUT2D eigenvalue weighted by Crippen LogP contribution is 2.19. The minimum atomic E-state index is 0.0903. The maximum absolute atomic E-state index is 11.7. The minimum absolute atomic E-state index is 0.0903. The highest BCUT2D eigenvalue weighted by Gasteiger charge is 2.07. The Labute approximate surface area is 121 Å². The van der Waals surface area contributed by atoms with Crippen LogP contribution in [0.25, 0.3) is 0 Å². The van der Waals surface area contributed by atoms with Crippen LogP contribution < -0.4 is 5.32 Å². The van der Waals surface area contributed by atoms with Gasteiger partial charge in [-0.2, -0.15) is 0 Å². The summed E-state index contributed by atoms with van der Waals surface area (Å²) in [7, 11) is 0. The lowest BCUT2D eigenvalue weighted by Crippen LogP contribution is -2.23. The van der Waals surface area contributed by atoms with Crippen molar-refractivity contribution in [1.29, 1.82) is 0 Å². The van der Waals surface area contributed by atoms with E-state index < -0.39 is 0 Å². The van der Waals surface area contributed by atoms with Gasteiger partial charge in [0.05, 0.1) is 17.2 Å². The van der Waals surface area contributed by atoms with Crippen LogP contribution in [0.15, 0.2) is 22.9 Å². The first kappa shape index (κ1) is 14.2. The van der Waals surface area contributed by atoms with Gasteiger partial charge in [0.2, 0.25) is 5.91 Å². The van der Waals surface area contributed by atoms with Gasteiger partial charge in [0.25, 0.3) is 0 Å². The Kier molecular flexibility index (Phi) is 5.10. The highest BCUT2D eigenvalue weighted by atomic mass is 32.1. The second-order valence-electron chi connectivity index (χ2n) is 4.69. The molecule has 5 heteroatoms. The molecule has 0 unspecified atom stereocenters. The highest BCUT2D eigenvalue weighted by molar-refractivity contribution is 7.10. The summed E-state index contributed by atoms with van der Waals surface area (Å²) in [6.07, 6.45) is 1.36. The molecule has 2 aromatic heterocycles. The van der Waals surface area contributed by atoms with Crippen LogP contribution in [0.3, 0.4) is 0 Å². The van der Waals surface area contributed by atoms with Crippen molar-refractivity contribution in [3.8, 4) is 0 Å². The maximum atomic E-state index is 11.7. The molecule has 0 aliphatic heterocycles. The standard InChI is InChI=1S/C14H18N2OS2/c1-10(2)14-16-11(9-19-14)8-15-13(17)6-5-12-4-3-7-18-12/h3-4,7,9-10H,5-6,8H2,1-2H3,(H,15,17). The maximum Gasteiger partial charge on any atom is 0.220 e. The van der Waals surface area contributed by atoms with Gasteiger partial charge < -0.3 is 5.32 Å². The van der Waals surface area contributed by atoms with Gasteiger partial charge in [0, 0.05) is 22.6 Å². The molecular formula is C14H18N2OS2. The molecule has 0 atom stereocenters. The summed E-state index contributed by atoms with van der Waals surface area (Å²) in [5.41, 5.74) is 0.957. The first-order chi connectivity index (χ1) is 9.15. The number of rotatable bonds is 6. The molecule has 1 N–H and O–H groups in total. The lowest BCUT2D eigenvalue weighted by molar-refractivity contribution is -0.121. The molecule has 0 spiro atoms. The molecule has 0 saturated carbocycles. The van der Waals surface area contributed by atoms with Crippen LogP contribution in [0.2, 0.25) is 0 Å². The molecule has 0 aliphatic carbocycles. The Morgan fingerprint density at radius 3 is 2.89 bits per heavy atom. The first-order valence-electron chi connectivity index (χ1n) is 6.38. The van der Waals surface area contributed by atoms with Crippen molar-refractivity contribution in [2.24, 2.45) is 0 Å². The topological polar surface area (TPSA) is 42.0 Å². The summed E-state index contributed by atoms with van der Waals surface area (Å²) < 4.78 is 0. The van der Waals surface area contributed by atoms with Gasteiger partial charge in [-0.15, -0.1) is 22.7 Å². The Hall–Kier alpha value is -1.20. The number of hydrogen-bond donors (Lipinski definition) is 1. The number of carbonyl (C=O) groups excluding carboxylic acids is 1. The second-order valence-corrected chi connectivity index (χ2v) is 6.61. The molecule has 0 fully saturated rings. The third kappa shape index (κ3) is 4.44. The Balaban J connectivity index is 1.73. The third-order valence-corrected chi connectivity index (χ3v) is 4.84. The van der Waals surface area contributed by atoms with Crippen molar-refractivity contribution in [2.75, 3.05) is 0 Å². The fourth-order valence-electron chi connectivity index (χ4n) is 1.64. The number of carbonyl (C=O) groups is 1. The van der Waals surface area contributed by atoms with Crippen molar-refractivity contribution in [1.82, 2.24) is 10.3 Å². The van der Waals surface area contributed by atoms with E-state index >= 15 is 0 Å². The van der Waals surface area contributed by atoms with Crippen molar-refractivity contribution in [3.05, 3.63) is 38.5 Å². The molecular weight excluding hydrogens is 276 g/mol. The van der Waals surface area contributed by atoms with E-state index in [1.165, 1.54) is 4.88 Å². The molecule has 2 rings (SSSR count). The van der Waals surface area contributed by atoms with Gasteiger partial charge in [-0.05, 0) is 17.9 Å². The van der Waals surface area contributed by atoms with Crippen LogP contribution >= 0.6 is 22.7 Å². The number of aryl methyl sites for hydroxylation is 1. The van der Waals surface area contributed by atoms with Crippen LogP contribution in [0.1, 0.15) is 41.8 Å². The van der Waals surface area contributed by atoms with Crippen LogP contribution in [0.5, 0.6) is 0 Å². The summed E-state index contributed by atoms with van der Waals surface area (Å²) in [4.78, 5) is 17.5. The zero-order valence-corrected chi connectivity index (χ0v) is 12.8. The molecule has 3 nitrogen and oxygen atoms in total. The largest absolute Gasteiger partial charge is 0.350 e. The van der Waals surface area contributed by atoms with E-state index in [9.17, 15) is 4.79 Å². The summed E-state index contributed by atoms with van der Waals surface area (Å²) in [5.74, 6) is 0.542. The van der Waals surface area contributed by atoms with Crippen LogP contribution in [-0.2, 0) is 17.8 Å². The number of nitrogens with zero attached hydrogens (tertiary/aromatic N) is 1. The molecule has 0 bridgehead atoms. The molecule has 2 aromatic rings. The van der Waals surface area contributed by atoms with Crippen LogP contribution in [0, 0.1) is 0 Å². The Bertz CT molecular complexity index is 517. The number of amides is 1. The third-order valence-electron chi connectivity index (χ3n) is 2.71. The van der Waals surface area contributed by atoms with Crippen molar-refractivity contribution >= 4 is 28.6 Å². The molecule has 1 amide bonds. The molecule has 0 aromatic carbocycles. The van der Waals surface area contributed by atoms with Gasteiger partial charge in [-0.1, -0.05) is 19.9 Å². The van der Waals surface area contributed by atoms with E-state index in [0.717, 1.165) is 17.1 Å². The van der Waals surface area contributed by atoms with E-state index in [2.05, 4.69) is 30.2 Å². The normalized spacial score (nSPS) is 10.9. The molecule has 0 radical (unpaired) electrons. The summed E-state index contributed by atoms with van der Waals surface area (Å²) in [6.45, 7) is 4.79. The number of thiazole rings is 1. The molecule has 19 heavy (non-hydrogen) atoms. The van der Waals surface area contributed by atoms with Crippen molar-refractivity contribution < 1.29 is 4.79 Å². The van der Waals surface area contributed by atoms with Crippen molar-refractivity contribution in [3.63, 3.8) is 0 Å². The fourth-order valence-corrected chi connectivity index (χ4v) is 3.18. The number of nitrogens with one attached hydrogen (secondary N) is 1. The summed E-state index contributed by atoms with van der Waals surface area (Å²) in [6, 6.07) is 4.08. The Morgan fingerprint density at radius 2 is 2.26 bits per heavy atom. The zero-order chi connectivity index (χ0) is 13.7. The quantitative estimate of drug-likeness (QED) is 0.885. The number of thiophene rings is 1. The molecule has 0 saturated heterocycles. The van der Waals surface area contributed by atoms with Crippen LogP contribution in [-0.4, -0.2) is 10.9 Å². The second kappa shape index (κ2) is 6.82. The minimum Gasteiger partial charge on any atom is -0.350 e. The number of hydrogen-bond acceptors (Lipinski definition) is 4. The van der Waals surface area contributed by atoms with Gasteiger partial charge in [-0.25, -0.2) is 4.98 Å². The average molecular weight is 294 g/mol. The van der Waals surface area contributed by atoms with Crippen molar-refractivity contribution in [2.45, 2.75) is 39.2 Å². The molecule has 0 aliphatic rings. The van der Waals surface area contributed by atoms with Crippen LogP contribution in [0.4, 0.5) is 0 Å². The molecule has 102 valence electrons. The molecule has 2 heterocycles. The van der Waals surface area contributed by atoms with E-state index in [1.807, 2.05) is 16.8 Å². The predicted molar refractivity (Wildman–Crippen MR) is 80.7 cm³/mol. The zero-order valence-electron chi connectivity index (χ0n) is 11.2. The van der Waals surface area contributed by atoms with E-state index in [-0.39, 0.29) is 5.91 Å². The predicted octanol–water partition coefficient (Wildman–Crippen LogP) is 3.58. The van der Waals surface area contributed by atoms with E-state index in [4.69, 9.17) is 0 Å². The average Bonchev–Trinajstić information content (AvgIpc) is 3.05. The van der Waals surface area contributed by atoms with E-state index in [0.29, 0.717) is 18.9 Å². The number of aromatic nitrogens is 1. The summed E-state index contributed by atoms with van der Waals surface area (Å²) in [5, 5.41) is 8.11. The first-order valence-corrected chi connectivity index (χ1v) is 8.14. The smallest absolute Gasteiger partial charge is 0.220 e.